The van der Waals surface area contributed by atoms with E-state index in [0.29, 0.717) is 5.69 Å². The molecule has 0 bridgehead atoms. The van der Waals surface area contributed by atoms with Gasteiger partial charge >= 0.3 is 5.97 Å². The van der Waals surface area contributed by atoms with Gasteiger partial charge in [-0.2, -0.15) is 5.10 Å². The number of aliphatic carboxylic acids is 1. The lowest BCUT2D eigenvalue weighted by Gasteiger charge is -2.11. The van der Waals surface area contributed by atoms with E-state index < -0.39 is 16.0 Å². The fraction of sp³-hybridized carbons (Fsp3) is 0.636. The van der Waals surface area contributed by atoms with Crippen molar-refractivity contribution in [3.63, 3.8) is 0 Å². The molecule has 9 heteroatoms. The van der Waals surface area contributed by atoms with Crippen molar-refractivity contribution in [2.24, 2.45) is 0 Å². The van der Waals surface area contributed by atoms with Crippen LogP contribution >= 0.6 is 0 Å². The zero-order valence-corrected chi connectivity index (χ0v) is 12.7. The smallest absolute Gasteiger partial charge is 0.325 e. The first kappa shape index (κ1) is 16.6. The molecule has 1 unspecified atom stereocenters. The van der Waals surface area contributed by atoms with Crippen LogP contribution in [-0.2, 0) is 26.1 Å². The van der Waals surface area contributed by atoms with Crippen LogP contribution < -0.4 is 4.72 Å². The van der Waals surface area contributed by atoms with Gasteiger partial charge < -0.3 is 9.84 Å². The Morgan fingerprint density at radius 2 is 2.10 bits per heavy atom. The number of rotatable bonds is 7. The molecule has 0 amide bonds. The molecule has 0 radical (unpaired) electrons. The summed E-state index contributed by atoms with van der Waals surface area (Å²) in [6.45, 7) is 4.53. The van der Waals surface area contributed by atoms with Crippen molar-refractivity contribution >= 4 is 16.0 Å². The lowest BCUT2D eigenvalue weighted by Crippen LogP contribution is -2.32. The second kappa shape index (κ2) is 6.33. The van der Waals surface area contributed by atoms with E-state index in [2.05, 4.69) is 9.82 Å². The zero-order valence-electron chi connectivity index (χ0n) is 11.9. The highest BCUT2D eigenvalue weighted by atomic mass is 32.2. The normalized spacial score (nSPS) is 13.4. The molecule has 0 aromatic carbocycles. The Morgan fingerprint density at radius 1 is 1.50 bits per heavy atom. The van der Waals surface area contributed by atoms with Crippen molar-refractivity contribution in [2.75, 3.05) is 13.7 Å². The summed E-state index contributed by atoms with van der Waals surface area (Å²) in [6, 6.07) is 0. The van der Waals surface area contributed by atoms with Crippen molar-refractivity contribution in [1.29, 1.82) is 0 Å². The first-order valence-electron chi connectivity index (χ1n) is 5.97. The van der Waals surface area contributed by atoms with Gasteiger partial charge in [0.1, 0.15) is 11.4 Å². The minimum absolute atomic E-state index is 0.0158. The van der Waals surface area contributed by atoms with Gasteiger partial charge in [-0.3, -0.25) is 9.48 Å². The summed E-state index contributed by atoms with van der Waals surface area (Å²) in [4.78, 5) is 10.7. The average molecular weight is 305 g/mol. The maximum atomic E-state index is 12.2. The van der Waals surface area contributed by atoms with E-state index in [1.54, 1.807) is 6.92 Å². The standard InChI is InChI=1S/C11H19N3O5S/c1-7(19-4)5-12-20(17,18)11-8(2)13-14(9(11)3)6-10(15)16/h7,12H,5-6H2,1-4H3,(H,15,16). The number of hydrogen-bond acceptors (Lipinski definition) is 5. The van der Waals surface area contributed by atoms with Gasteiger partial charge in [0.2, 0.25) is 10.0 Å². The largest absolute Gasteiger partial charge is 0.480 e. The van der Waals surface area contributed by atoms with Crippen LogP contribution in [0.15, 0.2) is 4.90 Å². The molecule has 1 rings (SSSR count). The van der Waals surface area contributed by atoms with Gasteiger partial charge in [-0.25, -0.2) is 13.1 Å². The van der Waals surface area contributed by atoms with Crippen LogP contribution in [0.3, 0.4) is 0 Å². The maximum Gasteiger partial charge on any atom is 0.325 e. The van der Waals surface area contributed by atoms with E-state index in [4.69, 9.17) is 9.84 Å². The van der Waals surface area contributed by atoms with Gasteiger partial charge in [0.05, 0.1) is 17.5 Å². The number of methoxy groups -OCH3 is 1. The summed E-state index contributed by atoms with van der Waals surface area (Å²) in [5.41, 5.74) is 0.559. The van der Waals surface area contributed by atoms with Crippen LogP contribution in [0.1, 0.15) is 18.3 Å². The fourth-order valence-electron chi connectivity index (χ4n) is 1.73. The first-order chi connectivity index (χ1) is 9.19. The highest BCUT2D eigenvalue weighted by molar-refractivity contribution is 7.89. The molecule has 0 fully saturated rings. The topological polar surface area (TPSA) is 111 Å². The van der Waals surface area contributed by atoms with E-state index in [1.165, 1.54) is 21.0 Å². The van der Waals surface area contributed by atoms with Crippen LogP contribution in [0.5, 0.6) is 0 Å². The van der Waals surface area contributed by atoms with Crippen molar-refractivity contribution in [3.8, 4) is 0 Å². The number of hydrogen-bond donors (Lipinski definition) is 2. The van der Waals surface area contributed by atoms with Crippen molar-refractivity contribution in [2.45, 2.75) is 38.3 Å². The van der Waals surface area contributed by atoms with E-state index in [-0.39, 0.29) is 29.8 Å². The van der Waals surface area contributed by atoms with Gasteiger partial charge in [0.25, 0.3) is 0 Å². The lowest BCUT2D eigenvalue weighted by molar-refractivity contribution is -0.137. The number of ether oxygens (including phenoxy) is 1. The summed E-state index contributed by atoms with van der Waals surface area (Å²) in [7, 11) is -2.26. The molecule has 0 aliphatic heterocycles. The van der Waals surface area contributed by atoms with E-state index in [1.807, 2.05) is 0 Å². The van der Waals surface area contributed by atoms with Crippen LogP contribution in [0.2, 0.25) is 0 Å². The molecule has 0 saturated heterocycles. The van der Waals surface area contributed by atoms with Crippen molar-refractivity contribution in [3.05, 3.63) is 11.4 Å². The minimum Gasteiger partial charge on any atom is -0.480 e. The summed E-state index contributed by atoms with van der Waals surface area (Å²) in [6.07, 6.45) is -0.264. The van der Waals surface area contributed by atoms with Gasteiger partial charge in [-0.05, 0) is 20.8 Å². The first-order valence-corrected chi connectivity index (χ1v) is 7.45. The molecule has 0 saturated carbocycles. The van der Waals surface area contributed by atoms with Crippen LogP contribution in [0, 0.1) is 13.8 Å². The molecular weight excluding hydrogens is 286 g/mol. The summed E-state index contributed by atoms with van der Waals surface area (Å²) in [5, 5.41) is 12.7. The Bertz CT molecular complexity index is 593. The maximum absolute atomic E-state index is 12.2. The van der Waals surface area contributed by atoms with Crippen molar-refractivity contribution in [1.82, 2.24) is 14.5 Å². The van der Waals surface area contributed by atoms with E-state index in [0.717, 1.165) is 4.68 Å². The Labute approximate surface area is 117 Å². The fourth-order valence-corrected chi connectivity index (χ4v) is 3.26. The Morgan fingerprint density at radius 3 is 2.60 bits per heavy atom. The number of aryl methyl sites for hydroxylation is 1. The van der Waals surface area contributed by atoms with Gasteiger partial charge in [-0.15, -0.1) is 0 Å². The second-order valence-corrected chi connectivity index (χ2v) is 6.15. The van der Waals surface area contributed by atoms with Crippen LogP contribution in [-0.4, -0.2) is 49.0 Å². The van der Waals surface area contributed by atoms with Crippen molar-refractivity contribution < 1.29 is 23.1 Å². The monoisotopic (exact) mass is 305 g/mol. The van der Waals surface area contributed by atoms with Crippen LogP contribution in [0.4, 0.5) is 0 Å². The number of carbonyl (C=O) groups is 1. The molecule has 1 atom stereocenters. The lowest BCUT2D eigenvalue weighted by atomic mass is 10.4. The minimum atomic E-state index is -3.75. The van der Waals surface area contributed by atoms with Gasteiger partial charge in [-0.1, -0.05) is 0 Å². The number of carboxylic acids is 1. The molecule has 2 N–H and O–H groups in total. The summed E-state index contributed by atoms with van der Waals surface area (Å²) in [5.74, 6) is -1.08. The number of sulfonamides is 1. The third kappa shape index (κ3) is 3.78. The molecule has 0 spiro atoms. The molecule has 20 heavy (non-hydrogen) atoms. The molecule has 1 aromatic heterocycles. The third-order valence-electron chi connectivity index (χ3n) is 2.83. The number of carboxylic acid groups (broad SMARTS) is 1. The number of nitrogens with zero attached hydrogens (tertiary/aromatic N) is 2. The molecule has 114 valence electrons. The second-order valence-electron chi connectivity index (χ2n) is 4.45. The Kier molecular flexibility index (Phi) is 5.26. The Hall–Kier alpha value is -1.45. The summed E-state index contributed by atoms with van der Waals surface area (Å²) >= 11 is 0. The molecule has 1 aromatic rings. The van der Waals surface area contributed by atoms with Gasteiger partial charge in [0.15, 0.2) is 0 Å². The van der Waals surface area contributed by atoms with E-state index in [9.17, 15) is 13.2 Å². The number of nitrogens with one attached hydrogen (secondary N) is 1. The summed E-state index contributed by atoms with van der Waals surface area (Å²) < 4.78 is 33.0. The highest BCUT2D eigenvalue weighted by Gasteiger charge is 2.25. The molecule has 0 aliphatic carbocycles. The predicted octanol–water partition coefficient (Wildman–Crippen LogP) is -0.102. The highest BCUT2D eigenvalue weighted by Crippen LogP contribution is 2.19. The number of aromatic nitrogens is 2. The zero-order chi connectivity index (χ0) is 15.5. The van der Waals surface area contributed by atoms with Crippen LogP contribution in [0.25, 0.3) is 0 Å². The third-order valence-corrected chi connectivity index (χ3v) is 4.51. The Balaban J connectivity index is 3.06. The predicted molar refractivity (Wildman–Crippen MR) is 71.0 cm³/mol. The molecule has 1 heterocycles. The molecule has 8 nitrogen and oxygen atoms in total. The van der Waals surface area contributed by atoms with E-state index >= 15 is 0 Å². The SMILES string of the molecule is COC(C)CNS(=O)(=O)c1c(C)nn(CC(=O)O)c1C. The quantitative estimate of drug-likeness (QED) is 0.727. The molecule has 0 aliphatic rings. The molecular formula is C11H19N3O5S. The van der Waals surface area contributed by atoms with Gasteiger partial charge in [0, 0.05) is 13.7 Å². The average Bonchev–Trinajstić information content (AvgIpc) is 2.61.